The van der Waals surface area contributed by atoms with Crippen LogP contribution in [0.1, 0.15) is 84.2 Å². The highest BCUT2D eigenvalue weighted by Crippen LogP contribution is 2.34. The molecular weight excluding hydrogens is 881 g/mol. The van der Waals surface area contributed by atoms with Gasteiger partial charge in [0, 0.05) is 32.5 Å². The molecule has 0 saturated carbocycles. The fourth-order valence-corrected chi connectivity index (χ4v) is 8.31. The minimum Gasteiger partial charge on any atom is -0.490 e. The number of aliphatic hydroxyl groups is 2. The molecule has 67 heavy (non-hydrogen) atoms. The number of imidazole rings is 1. The third-order valence-corrected chi connectivity index (χ3v) is 11.9. The van der Waals surface area contributed by atoms with Crippen LogP contribution in [0.3, 0.4) is 0 Å². The molecule has 4 aromatic heterocycles. The Morgan fingerprint density at radius 2 is 1.79 bits per heavy atom. The smallest absolute Gasteiger partial charge is 0.246 e. The average molecular weight is 941 g/mol. The lowest BCUT2D eigenvalue weighted by molar-refractivity contribution is -0.144. The molecule has 0 radical (unpaired) electrons. The second kappa shape index (κ2) is 21.9. The third-order valence-electron chi connectivity index (χ3n) is 10.9. The van der Waals surface area contributed by atoms with Gasteiger partial charge in [0.25, 0.3) is 0 Å². The summed E-state index contributed by atoms with van der Waals surface area (Å²) in [6.07, 6.45) is 2.02. The molecule has 358 valence electrons. The molecule has 0 bridgehead atoms. The third kappa shape index (κ3) is 12.9. The first-order valence-electron chi connectivity index (χ1n) is 22.2. The predicted molar refractivity (Wildman–Crippen MR) is 251 cm³/mol. The Balaban J connectivity index is 0.928. The molecule has 1 fully saturated rings. The van der Waals surface area contributed by atoms with E-state index in [4.69, 9.17) is 20.1 Å². The van der Waals surface area contributed by atoms with E-state index >= 15 is 0 Å². The summed E-state index contributed by atoms with van der Waals surface area (Å²) in [6.45, 7) is 14.2. The summed E-state index contributed by atoms with van der Waals surface area (Å²) in [7, 11) is 0. The van der Waals surface area contributed by atoms with Crippen molar-refractivity contribution >= 4 is 51.8 Å². The monoisotopic (exact) mass is 940 g/mol. The number of ether oxygens (including phenoxy) is 1. The molecule has 1 saturated heterocycles. The van der Waals surface area contributed by atoms with Crippen molar-refractivity contribution in [3.05, 3.63) is 52.9 Å². The SMILES string of the molecule is CCn1c(-c2nonc2N)nc2c(C#CC(C)(C)O)ncc(OCCCNCCCC(=O)NCC(=O)NC(C(=O)N3C[C@H](O)C[C@H]3C(=O)NCc3ccc(-c4scnc4C)cc3)C(C)(C)C)c21. The van der Waals surface area contributed by atoms with E-state index < -0.39 is 46.9 Å². The van der Waals surface area contributed by atoms with Crippen LogP contribution in [0.2, 0.25) is 0 Å². The van der Waals surface area contributed by atoms with Crippen LogP contribution in [-0.2, 0) is 32.3 Å². The molecular formula is C46H60N12O8S. The first-order valence-corrected chi connectivity index (χ1v) is 23.1. The summed E-state index contributed by atoms with van der Waals surface area (Å²) in [5, 5.41) is 40.0. The van der Waals surface area contributed by atoms with Gasteiger partial charge in [-0.25, -0.2) is 19.6 Å². The van der Waals surface area contributed by atoms with Gasteiger partial charge in [-0.1, -0.05) is 51.0 Å². The molecule has 1 aliphatic rings. The Morgan fingerprint density at radius 3 is 2.45 bits per heavy atom. The summed E-state index contributed by atoms with van der Waals surface area (Å²) in [6, 6.07) is 5.85. The van der Waals surface area contributed by atoms with Gasteiger partial charge in [-0.15, -0.1) is 11.3 Å². The number of β-amino-alcohol motifs (C(OH)–C–C–N with tert-alkyl or cyclic N) is 1. The highest BCUT2D eigenvalue weighted by atomic mass is 32.1. The highest BCUT2D eigenvalue weighted by Gasteiger charge is 2.44. The minimum absolute atomic E-state index is 0.0530. The number of nitrogens with one attached hydrogen (secondary N) is 4. The molecule has 21 heteroatoms. The number of amides is 4. The van der Waals surface area contributed by atoms with Crippen molar-refractivity contribution in [2.45, 2.75) is 111 Å². The maximum atomic E-state index is 14.0. The van der Waals surface area contributed by atoms with Gasteiger partial charge in [0.2, 0.25) is 23.6 Å². The summed E-state index contributed by atoms with van der Waals surface area (Å²) in [4.78, 5) is 69.2. The highest BCUT2D eigenvalue weighted by molar-refractivity contribution is 7.13. The minimum atomic E-state index is -1.25. The fraction of sp³-hybridized carbons (Fsp3) is 0.500. The Hall–Kier alpha value is -6.47. The van der Waals surface area contributed by atoms with E-state index in [1.807, 2.05) is 42.7 Å². The number of fused-ring (bicyclic) bond motifs is 1. The van der Waals surface area contributed by atoms with Crippen molar-refractivity contribution in [2.24, 2.45) is 5.41 Å². The quantitative estimate of drug-likeness (QED) is 0.0463. The number of pyridine rings is 1. The molecule has 5 aromatic rings. The molecule has 1 aromatic carbocycles. The Labute approximate surface area is 392 Å². The number of nitrogens with zero attached hydrogens (tertiary/aromatic N) is 7. The van der Waals surface area contributed by atoms with Crippen molar-refractivity contribution in [1.82, 2.24) is 56.0 Å². The van der Waals surface area contributed by atoms with Crippen LogP contribution in [-0.4, -0.2) is 125 Å². The van der Waals surface area contributed by atoms with Crippen molar-refractivity contribution < 1.29 is 38.8 Å². The van der Waals surface area contributed by atoms with Crippen LogP contribution in [0, 0.1) is 24.2 Å². The van der Waals surface area contributed by atoms with Gasteiger partial charge in [0.15, 0.2) is 23.1 Å². The van der Waals surface area contributed by atoms with E-state index in [0.717, 1.165) is 21.7 Å². The number of carbonyl (C=O) groups is 4. The van der Waals surface area contributed by atoms with Crippen molar-refractivity contribution in [3.63, 3.8) is 0 Å². The summed E-state index contributed by atoms with van der Waals surface area (Å²) < 4.78 is 12.8. The Morgan fingerprint density at radius 1 is 1.04 bits per heavy atom. The number of hydrogen-bond donors (Lipinski definition) is 7. The number of hydrogen-bond acceptors (Lipinski definition) is 16. The molecule has 1 unspecified atom stereocenters. The molecule has 4 amide bonds. The average Bonchev–Trinajstić information content (AvgIpc) is 4.09. The maximum absolute atomic E-state index is 14.0. The fourth-order valence-electron chi connectivity index (χ4n) is 7.50. The maximum Gasteiger partial charge on any atom is 0.246 e. The van der Waals surface area contributed by atoms with E-state index in [2.05, 4.69) is 53.4 Å². The van der Waals surface area contributed by atoms with Crippen molar-refractivity contribution in [1.29, 1.82) is 0 Å². The Kier molecular flexibility index (Phi) is 16.3. The molecule has 5 heterocycles. The first-order chi connectivity index (χ1) is 31.8. The van der Waals surface area contributed by atoms with E-state index in [1.54, 1.807) is 57.7 Å². The number of thiazole rings is 1. The normalized spacial score (nSPS) is 15.5. The number of aryl methyl sites for hydroxylation is 2. The lowest BCUT2D eigenvalue weighted by atomic mass is 9.85. The van der Waals surface area contributed by atoms with Gasteiger partial charge >= 0.3 is 0 Å². The number of anilines is 1. The van der Waals surface area contributed by atoms with E-state index in [0.29, 0.717) is 67.4 Å². The topological polar surface area (TPSA) is 278 Å². The molecule has 20 nitrogen and oxygen atoms in total. The molecule has 0 spiro atoms. The number of likely N-dealkylation sites (tertiary alicyclic amines) is 1. The van der Waals surface area contributed by atoms with E-state index in [1.165, 1.54) is 4.90 Å². The van der Waals surface area contributed by atoms with Gasteiger partial charge in [-0.2, -0.15) is 0 Å². The lowest BCUT2D eigenvalue weighted by Crippen LogP contribution is -2.58. The van der Waals surface area contributed by atoms with Crippen LogP contribution < -0.4 is 31.7 Å². The zero-order chi connectivity index (χ0) is 48.5. The zero-order valence-corrected chi connectivity index (χ0v) is 39.8. The van der Waals surface area contributed by atoms with Crippen LogP contribution in [0.5, 0.6) is 5.75 Å². The second-order valence-electron chi connectivity index (χ2n) is 17.9. The van der Waals surface area contributed by atoms with Crippen LogP contribution >= 0.6 is 11.3 Å². The molecule has 0 aliphatic carbocycles. The van der Waals surface area contributed by atoms with Gasteiger partial charge in [0.05, 0.1) is 41.5 Å². The van der Waals surface area contributed by atoms with Gasteiger partial charge in [0.1, 0.15) is 34.4 Å². The molecule has 8 N–H and O–H groups in total. The van der Waals surface area contributed by atoms with Gasteiger partial charge < -0.3 is 51.4 Å². The first kappa shape index (κ1) is 50.0. The molecule has 3 atom stereocenters. The number of aliphatic hydroxyl groups excluding tert-OH is 1. The standard InChI is InChI=1S/C46H60N12O8S/c1-8-57-38-33(23-49-31(16-17-46(6,7)64)36(38)54-42(57)37-41(47)56-66-55-37)65-20-10-19-48-18-9-11-34(60)50-24-35(61)53-40(45(3,4)5)44(63)58-25-30(59)21-32(58)43(62)51-22-28-12-14-29(15-13-28)39-27(2)52-26-67-39/h12-15,23,26,30,32,40,48,59,64H,8-11,18-22,24-25H2,1-7H3,(H2,47,56)(H,50,60)(H,51,62)(H,53,61)/t30-,32+,40?/m1/s1. The number of nitrogens with two attached hydrogens (primary N) is 1. The number of carbonyl (C=O) groups excluding carboxylic acids is 4. The Bertz CT molecular complexity index is 2600. The number of aromatic nitrogens is 6. The van der Waals surface area contributed by atoms with E-state index in [-0.39, 0.29) is 49.9 Å². The zero-order valence-electron chi connectivity index (χ0n) is 38.9. The van der Waals surface area contributed by atoms with E-state index in [9.17, 15) is 29.4 Å². The summed E-state index contributed by atoms with van der Waals surface area (Å²) >= 11 is 1.56. The largest absolute Gasteiger partial charge is 0.490 e. The number of nitrogen functional groups attached to an aromatic ring is 1. The van der Waals surface area contributed by atoms with Gasteiger partial charge in [-0.05, 0) is 86.4 Å². The van der Waals surface area contributed by atoms with Crippen LogP contribution in [0.15, 0.2) is 40.6 Å². The summed E-state index contributed by atoms with van der Waals surface area (Å²) in [5.74, 6) is 4.87. The number of benzene rings is 1. The van der Waals surface area contributed by atoms with Crippen molar-refractivity contribution in [3.8, 4) is 39.5 Å². The second-order valence-corrected chi connectivity index (χ2v) is 18.8. The van der Waals surface area contributed by atoms with Crippen LogP contribution in [0.4, 0.5) is 5.82 Å². The predicted octanol–water partition coefficient (Wildman–Crippen LogP) is 2.70. The van der Waals surface area contributed by atoms with Crippen LogP contribution in [0.25, 0.3) is 33.0 Å². The molecule has 6 rings (SSSR count). The lowest BCUT2D eigenvalue weighted by Gasteiger charge is -2.35. The molecule has 1 aliphatic heterocycles. The summed E-state index contributed by atoms with van der Waals surface area (Å²) in [5.41, 5.74) is 10.3. The van der Waals surface area contributed by atoms with Gasteiger partial charge in [-0.3, -0.25) is 19.2 Å². The number of rotatable bonds is 19. The van der Waals surface area contributed by atoms with Crippen molar-refractivity contribution in [2.75, 3.05) is 38.5 Å².